The Balaban J connectivity index is 2.80. The molecule has 16 heavy (non-hydrogen) atoms. The highest BCUT2D eigenvalue weighted by Gasteiger charge is 2.14. The van der Waals surface area contributed by atoms with Crippen molar-refractivity contribution in [2.45, 2.75) is 19.4 Å². The molecule has 0 fully saturated rings. The molecule has 4 nitrogen and oxygen atoms in total. The minimum absolute atomic E-state index is 0.128. The minimum Gasteiger partial charge on any atom is -0.507 e. The maximum atomic E-state index is 11.7. The van der Waals surface area contributed by atoms with Crippen molar-refractivity contribution < 1.29 is 15.0 Å². The predicted molar refractivity (Wildman–Crippen MR) is 61.7 cm³/mol. The van der Waals surface area contributed by atoms with Crippen LogP contribution in [0.1, 0.15) is 23.7 Å². The zero-order valence-electron chi connectivity index (χ0n) is 8.90. The largest absolute Gasteiger partial charge is 0.507 e. The monoisotopic (exact) mass is 243 g/mol. The second-order valence-electron chi connectivity index (χ2n) is 3.42. The topological polar surface area (TPSA) is 69.6 Å². The van der Waals surface area contributed by atoms with Gasteiger partial charge in [-0.1, -0.05) is 18.5 Å². The molecule has 0 spiro atoms. The Labute approximate surface area is 98.9 Å². The summed E-state index contributed by atoms with van der Waals surface area (Å²) in [6.45, 7) is 1.72. The molecule has 0 heterocycles. The molecule has 1 atom stereocenters. The summed E-state index contributed by atoms with van der Waals surface area (Å²) >= 11 is 5.65. The summed E-state index contributed by atoms with van der Waals surface area (Å²) in [4.78, 5) is 11.7. The zero-order valence-corrected chi connectivity index (χ0v) is 9.66. The number of hydrogen-bond donors (Lipinski definition) is 3. The molecule has 0 aromatic heterocycles. The van der Waals surface area contributed by atoms with Crippen molar-refractivity contribution in [1.29, 1.82) is 0 Å². The van der Waals surface area contributed by atoms with Crippen LogP contribution in [0.15, 0.2) is 18.2 Å². The Bertz CT molecular complexity index is 377. The number of aliphatic hydroxyl groups is 1. The van der Waals surface area contributed by atoms with Gasteiger partial charge in [-0.25, -0.2) is 0 Å². The van der Waals surface area contributed by atoms with Gasteiger partial charge >= 0.3 is 0 Å². The molecule has 0 saturated heterocycles. The van der Waals surface area contributed by atoms with Crippen LogP contribution in [0.25, 0.3) is 0 Å². The van der Waals surface area contributed by atoms with Crippen LogP contribution in [0.4, 0.5) is 0 Å². The van der Waals surface area contributed by atoms with Gasteiger partial charge in [0.05, 0.1) is 18.2 Å². The molecule has 0 saturated carbocycles. The van der Waals surface area contributed by atoms with E-state index < -0.39 is 5.91 Å². The second-order valence-corrected chi connectivity index (χ2v) is 3.86. The fourth-order valence-corrected chi connectivity index (χ4v) is 1.40. The normalized spacial score (nSPS) is 12.2. The predicted octanol–water partition coefficient (Wildman–Crippen LogP) is 1.55. The van der Waals surface area contributed by atoms with Crippen LogP contribution >= 0.6 is 11.6 Å². The number of hydrogen-bond acceptors (Lipinski definition) is 3. The number of benzene rings is 1. The van der Waals surface area contributed by atoms with Crippen molar-refractivity contribution in [3.63, 3.8) is 0 Å². The molecule has 0 bridgehead atoms. The fourth-order valence-electron chi connectivity index (χ4n) is 1.24. The average molecular weight is 244 g/mol. The lowest BCUT2D eigenvalue weighted by molar-refractivity contribution is 0.0912. The molecule has 5 heteroatoms. The number of carbonyl (C=O) groups is 1. The molecule has 88 valence electrons. The van der Waals surface area contributed by atoms with Crippen LogP contribution in [0.5, 0.6) is 5.75 Å². The molecule has 0 aliphatic rings. The average Bonchev–Trinajstić information content (AvgIpc) is 2.25. The van der Waals surface area contributed by atoms with Crippen molar-refractivity contribution in [3.05, 3.63) is 28.8 Å². The van der Waals surface area contributed by atoms with Gasteiger partial charge < -0.3 is 15.5 Å². The summed E-state index contributed by atoms with van der Waals surface area (Å²) < 4.78 is 0. The number of halogens is 1. The first-order valence-corrected chi connectivity index (χ1v) is 5.36. The molecular weight excluding hydrogens is 230 g/mol. The highest BCUT2D eigenvalue weighted by Crippen LogP contribution is 2.21. The van der Waals surface area contributed by atoms with Crippen LogP contribution in [-0.2, 0) is 0 Å². The van der Waals surface area contributed by atoms with E-state index in [9.17, 15) is 9.90 Å². The standard InChI is InChI=1S/C11H14ClNO3/c1-2-8(6-14)13-11(16)9-4-3-7(12)5-10(9)15/h3-5,8,14-15H,2,6H2,1H3,(H,13,16). The van der Waals surface area contributed by atoms with E-state index in [1.807, 2.05) is 6.92 Å². The number of aromatic hydroxyl groups is 1. The minimum atomic E-state index is -0.421. The third-order valence-corrected chi connectivity index (χ3v) is 2.49. The van der Waals surface area contributed by atoms with E-state index in [4.69, 9.17) is 16.7 Å². The van der Waals surface area contributed by atoms with Crippen LogP contribution in [0, 0.1) is 0 Å². The van der Waals surface area contributed by atoms with Gasteiger partial charge in [0.15, 0.2) is 0 Å². The van der Waals surface area contributed by atoms with Crippen LogP contribution in [0.2, 0.25) is 5.02 Å². The Morgan fingerprint density at radius 1 is 1.56 bits per heavy atom. The lowest BCUT2D eigenvalue weighted by Crippen LogP contribution is -2.36. The van der Waals surface area contributed by atoms with E-state index >= 15 is 0 Å². The summed E-state index contributed by atoms with van der Waals surface area (Å²) in [7, 11) is 0. The first kappa shape index (κ1) is 12.8. The molecule has 1 unspecified atom stereocenters. The number of phenolic OH excluding ortho intramolecular Hbond substituents is 1. The molecule has 0 aliphatic carbocycles. The summed E-state index contributed by atoms with van der Waals surface area (Å²) in [5, 5.41) is 21.4. The van der Waals surface area contributed by atoms with Gasteiger partial charge in [0.25, 0.3) is 5.91 Å². The number of carbonyl (C=O) groups excluding carboxylic acids is 1. The van der Waals surface area contributed by atoms with Gasteiger partial charge in [-0.15, -0.1) is 0 Å². The number of nitrogens with one attached hydrogen (secondary N) is 1. The number of phenols is 1. The Kier molecular flexibility index (Phi) is 4.58. The third kappa shape index (κ3) is 3.12. The van der Waals surface area contributed by atoms with E-state index in [2.05, 4.69) is 5.32 Å². The Hall–Kier alpha value is -1.26. The lowest BCUT2D eigenvalue weighted by atomic mass is 10.1. The molecule has 3 N–H and O–H groups in total. The van der Waals surface area contributed by atoms with Gasteiger partial charge in [0.2, 0.25) is 0 Å². The second kappa shape index (κ2) is 5.72. The van der Waals surface area contributed by atoms with Crippen LogP contribution < -0.4 is 5.32 Å². The van der Waals surface area contributed by atoms with Crippen molar-refractivity contribution in [3.8, 4) is 5.75 Å². The molecule has 0 aliphatic heterocycles. The quantitative estimate of drug-likeness (QED) is 0.752. The smallest absolute Gasteiger partial charge is 0.255 e. The highest BCUT2D eigenvalue weighted by atomic mass is 35.5. The van der Waals surface area contributed by atoms with Gasteiger partial charge in [0.1, 0.15) is 5.75 Å². The SMILES string of the molecule is CCC(CO)NC(=O)c1ccc(Cl)cc1O. The van der Waals surface area contributed by atoms with Gasteiger partial charge in [0, 0.05) is 5.02 Å². The van der Waals surface area contributed by atoms with Crippen molar-refractivity contribution in [1.82, 2.24) is 5.32 Å². The fraction of sp³-hybridized carbons (Fsp3) is 0.364. The van der Waals surface area contributed by atoms with E-state index in [0.29, 0.717) is 11.4 Å². The highest BCUT2D eigenvalue weighted by molar-refractivity contribution is 6.30. The van der Waals surface area contributed by atoms with E-state index in [1.54, 1.807) is 0 Å². The number of amides is 1. The summed E-state index contributed by atoms with van der Waals surface area (Å²) in [5.74, 6) is -0.590. The maximum Gasteiger partial charge on any atom is 0.255 e. The third-order valence-electron chi connectivity index (χ3n) is 2.25. The maximum absolute atomic E-state index is 11.7. The zero-order chi connectivity index (χ0) is 12.1. The van der Waals surface area contributed by atoms with Crippen molar-refractivity contribution in [2.75, 3.05) is 6.61 Å². The summed E-state index contributed by atoms with van der Waals surface area (Å²) in [5.41, 5.74) is 0.149. The summed E-state index contributed by atoms with van der Waals surface area (Å²) in [6, 6.07) is 3.96. The van der Waals surface area contributed by atoms with Crippen molar-refractivity contribution in [2.24, 2.45) is 0 Å². The molecule has 0 radical (unpaired) electrons. The van der Waals surface area contributed by atoms with Gasteiger partial charge in [-0.3, -0.25) is 4.79 Å². The van der Waals surface area contributed by atoms with Crippen LogP contribution in [-0.4, -0.2) is 28.8 Å². The first-order chi connectivity index (χ1) is 7.58. The van der Waals surface area contributed by atoms with Crippen LogP contribution in [0.3, 0.4) is 0 Å². The molecule has 1 aromatic carbocycles. The van der Waals surface area contributed by atoms with Gasteiger partial charge in [-0.2, -0.15) is 0 Å². The number of rotatable bonds is 4. The van der Waals surface area contributed by atoms with E-state index in [1.165, 1.54) is 18.2 Å². The molecule has 1 amide bonds. The van der Waals surface area contributed by atoms with Gasteiger partial charge in [-0.05, 0) is 24.6 Å². The summed E-state index contributed by atoms with van der Waals surface area (Å²) in [6.07, 6.45) is 0.622. The Morgan fingerprint density at radius 2 is 2.25 bits per heavy atom. The molecular formula is C11H14ClNO3. The molecule has 1 aromatic rings. The van der Waals surface area contributed by atoms with E-state index in [0.717, 1.165) is 0 Å². The Morgan fingerprint density at radius 3 is 2.75 bits per heavy atom. The van der Waals surface area contributed by atoms with E-state index in [-0.39, 0.29) is 24.0 Å². The van der Waals surface area contributed by atoms with Crippen molar-refractivity contribution >= 4 is 17.5 Å². The number of aliphatic hydroxyl groups excluding tert-OH is 1. The first-order valence-electron chi connectivity index (χ1n) is 4.98. The lowest BCUT2D eigenvalue weighted by Gasteiger charge is -2.14. The molecule has 1 rings (SSSR count).